The molecule has 3 rings (SSSR count). The molecular weight excluding hydrogens is 332 g/mol. The van der Waals surface area contributed by atoms with Crippen molar-refractivity contribution in [2.24, 2.45) is 5.41 Å². The smallest absolute Gasteiger partial charge is 0.408 e. The van der Waals surface area contributed by atoms with Gasteiger partial charge < -0.3 is 15.2 Å². The molecular formula is C20H28N2O4. The van der Waals surface area contributed by atoms with Gasteiger partial charge in [0.05, 0.1) is 11.6 Å². The zero-order chi connectivity index (χ0) is 18.9. The van der Waals surface area contributed by atoms with E-state index in [0.717, 1.165) is 31.2 Å². The lowest BCUT2D eigenvalue weighted by molar-refractivity contribution is -0.0374. The fourth-order valence-corrected chi connectivity index (χ4v) is 4.86. The van der Waals surface area contributed by atoms with Crippen LogP contribution in [-0.4, -0.2) is 39.8 Å². The van der Waals surface area contributed by atoms with Gasteiger partial charge in [0, 0.05) is 6.04 Å². The molecule has 2 aliphatic rings. The van der Waals surface area contributed by atoms with Gasteiger partial charge in [0.15, 0.2) is 0 Å². The number of ether oxygens (including phenoxy) is 1. The van der Waals surface area contributed by atoms with Crippen LogP contribution in [0.3, 0.4) is 0 Å². The number of rotatable bonds is 3. The number of carbonyl (C=O) groups is 2. The Labute approximate surface area is 154 Å². The Balaban J connectivity index is 1.75. The van der Waals surface area contributed by atoms with Crippen LogP contribution in [0.25, 0.3) is 0 Å². The Bertz CT molecular complexity index is 670. The molecule has 2 bridgehead atoms. The van der Waals surface area contributed by atoms with Gasteiger partial charge in [-0.3, -0.25) is 4.90 Å². The molecule has 2 fully saturated rings. The van der Waals surface area contributed by atoms with Gasteiger partial charge in [0.1, 0.15) is 6.61 Å². The Morgan fingerprint density at radius 3 is 2.54 bits per heavy atom. The van der Waals surface area contributed by atoms with Crippen molar-refractivity contribution in [1.29, 1.82) is 0 Å². The molecule has 0 saturated carbocycles. The van der Waals surface area contributed by atoms with Gasteiger partial charge in [-0.15, -0.1) is 0 Å². The number of nitrogens with zero attached hydrogens (tertiary/aromatic N) is 1. The van der Waals surface area contributed by atoms with Gasteiger partial charge >= 0.3 is 12.2 Å². The number of carbonyl (C=O) groups excluding carboxylic acids is 1. The second kappa shape index (κ2) is 6.82. The molecule has 2 N–H and O–H groups in total. The quantitative estimate of drug-likeness (QED) is 0.854. The Hall–Kier alpha value is -2.24. The summed E-state index contributed by atoms with van der Waals surface area (Å²) >= 11 is 0. The minimum Gasteiger partial charge on any atom is -0.465 e. The average Bonchev–Trinajstić information content (AvgIpc) is 2.89. The van der Waals surface area contributed by atoms with E-state index in [1.54, 1.807) is 4.90 Å². The lowest BCUT2D eigenvalue weighted by atomic mass is 9.65. The predicted molar refractivity (Wildman–Crippen MR) is 97.9 cm³/mol. The number of amides is 2. The third-order valence-electron chi connectivity index (χ3n) is 6.03. The minimum atomic E-state index is -0.897. The average molecular weight is 360 g/mol. The van der Waals surface area contributed by atoms with Crippen molar-refractivity contribution in [2.45, 2.75) is 70.7 Å². The highest BCUT2D eigenvalue weighted by molar-refractivity contribution is 5.70. The number of fused-ring (bicyclic) bond motifs is 2. The molecule has 0 spiro atoms. The fourth-order valence-electron chi connectivity index (χ4n) is 4.86. The molecule has 0 aliphatic carbocycles. The summed E-state index contributed by atoms with van der Waals surface area (Å²) < 4.78 is 5.37. The summed E-state index contributed by atoms with van der Waals surface area (Å²) in [7, 11) is 0. The summed E-state index contributed by atoms with van der Waals surface area (Å²) in [6.45, 7) is 6.37. The van der Waals surface area contributed by atoms with E-state index in [2.05, 4.69) is 26.1 Å². The molecule has 2 saturated heterocycles. The SMILES string of the molecule is CC(C)(C)[C@]12CC[C@@H](CC[C@H]1NC(=O)OCc1ccccc1)N2C(=O)O. The summed E-state index contributed by atoms with van der Waals surface area (Å²) in [6.07, 6.45) is 1.77. The van der Waals surface area contributed by atoms with Gasteiger partial charge in [-0.2, -0.15) is 0 Å². The highest BCUT2D eigenvalue weighted by Gasteiger charge is 2.62. The van der Waals surface area contributed by atoms with Crippen molar-refractivity contribution in [3.8, 4) is 0 Å². The number of benzene rings is 1. The van der Waals surface area contributed by atoms with Crippen LogP contribution in [0.5, 0.6) is 0 Å². The number of alkyl carbamates (subject to hydrolysis) is 1. The lowest BCUT2D eigenvalue weighted by Gasteiger charge is -2.55. The van der Waals surface area contributed by atoms with Crippen LogP contribution in [0.1, 0.15) is 52.0 Å². The van der Waals surface area contributed by atoms with Crippen molar-refractivity contribution in [2.75, 3.05) is 0 Å². The van der Waals surface area contributed by atoms with E-state index in [1.165, 1.54) is 0 Å². The normalized spacial score (nSPS) is 27.9. The summed E-state index contributed by atoms with van der Waals surface area (Å²) in [5, 5.41) is 12.8. The molecule has 1 aromatic carbocycles. The number of piperidine rings is 1. The van der Waals surface area contributed by atoms with E-state index in [4.69, 9.17) is 4.74 Å². The van der Waals surface area contributed by atoms with E-state index in [-0.39, 0.29) is 24.1 Å². The van der Waals surface area contributed by atoms with E-state index in [9.17, 15) is 14.7 Å². The topological polar surface area (TPSA) is 78.9 Å². The maximum Gasteiger partial charge on any atom is 0.408 e. The molecule has 2 heterocycles. The molecule has 142 valence electrons. The molecule has 26 heavy (non-hydrogen) atoms. The summed E-state index contributed by atoms with van der Waals surface area (Å²) in [4.78, 5) is 26.0. The molecule has 0 radical (unpaired) electrons. The van der Waals surface area contributed by atoms with E-state index in [0.29, 0.717) is 0 Å². The first-order valence-corrected chi connectivity index (χ1v) is 9.25. The first-order valence-electron chi connectivity index (χ1n) is 9.25. The van der Waals surface area contributed by atoms with Crippen LogP contribution in [0.2, 0.25) is 0 Å². The van der Waals surface area contributed by atoms with Crippen LogP contribution in [-0.2, 0) is 11.3 Å². The van der Waals surface area contributed by atoms with Gasteiger partial charge in [-0.1, -0.05) is 51.1 Å². The summed E-state index contributed by atoms with van der Waals surface area (Å²) in [5.74, 6) is 0. The molecule has 0 unspecified atom stereocenters. The second-order valence-electron chi connectivity index (χ2n) is 8.36. The van der Waals surface area contributed by atoms with Crippen LogP contribution >= 0.6 is 0 Å². The molecule has 2 amide bonds. The van der Waals surface area contributed by atoms with E-state index >= 15 is 0 Å². The predicted octanol–water partition coefficient (Wildman–Crippen LogP) is 4.00. The van der Waals surface area contributed by atoms with Crippen LogP contribution < -0.4 is 5.32 Å². The molecule has 3 atom stereocenters. The fraction of sp³-hybridized carbons (Fsp3) is 0.600. The van der Waals surface area contributed by atoms with Gasteiger partial charge in [-0.05, 0) is 36.7 Å². The van der Waals surface area contributed by atoms with E-state index < -0.39 is 17.7 Å². The van der Waals surface area contributed by atoms with Crippen LogP contribution in [0, 0.1) is 5.41 Å². The van der Waals surface area contributed by atoms with Crippen molar-refractivity contribution in [3.05, 3.63) is 35.9 Å². The first-order chi connectivity index (χ1) is 12.3. The van der Waals surface area contributed by atoms with Crippen LogP contribution in [0.4, 0.5) is 9.59 Å². The second-order valence-corrected chi connectivity index (χ2v) is 8.36. The highest BCUT2D eigenvalue weighted by atomic mass is 16.5. The third kappa shape index (κ3) is 3.13. The van der Waals surface area contributed by atoms with E-state index in [1.807, 2.05) is 30.3 Å². The molecule has 6 nitrogen and oxygen atoms in total. The standard InChI is InChI=1S/C20H28N2O4/c1-19(2,3)20-12-11-15(22(20)18(24)25)9-10-16(20)21-17(23)26-13-14-7-5-4-6-8-14/h4-8,15-16H,9-13H2,1-3H3,(H,21,23)(H,24,25)/t15-,16-,20+/m1/s1. The number of nitrogens with one attached hydrogen (secondary N) is 1. The highest BCUT2D eigenvalue weighted by Crippen LogP contribution is 2.53. The minimum absolute atomic E-state index is 0.0464. The third-order valence-corrected chi connectivity index (χ3v) is 6.03. The Morgan fingerprint density at radius 1 is 1.23 bits per heavy atom. The zero-order valence-corrected chi connectivity index (χ0v) is 15.7. The largest absolute Gasteiger partial charge is 0.465 e. The molecule has 6 heteroatoms. The Kier molecular flexibility index (Phi) is 4.86. The molecule has 0 aromatic heterocycles. The van der Waals surface area contributed by atoms with Crippen LogP contribution in [0.15, 0.2) is 30.3 Å². The van der Waals surface area contributed by atoms with Crippen molar-refractivity contribution < 1.29 is 19.4 Å². The first kappa shape index (κ1) is 18.5. The van der Waals surface area contributed by atoms with Gasteiger partial charge in [0.2, 0.25) is 0 Å². The summed E-state index contributed by atoms with van der Waals surface area (Å²) in [6, 6.07) is 9.31. The maximum absolute atomic E-state index is 12.4. The number of hydrogen-bond donors (Lipinski definition) is 2. The van der Waals surface area contributed by atoms with Crippen molar-refractivity contribution >= 4 is 12.2 Å². The van der Waals surface area contributed by atoms with Crippen molar-refractivity contribution in [3.63, 3.8) is 0 Å². The van der Waals surface area contributed by atoms with Crippen molar-refractivity contribution in [1.82, 2.24) is 10.2 Å². The lowest BCUT2D eigenvalue weighted by Crippen LogP contribution is -2.70. The van der Waals surface area contributed by atoms with Gasteiger partial charge in [-0.25, -0.2) is 9.59 Å². The molecule has 1 aromatic rings. The number of hydrogen-bond acceptors (Lipinski definition) is 3. The van der Waals surface area contributed by atoms with Gasteiger partial charge in [0.25, 0.3) is 0 Å². The summed E-state index contributed by atoms with van der Waals surface area (Å²) in [5.41, 5.74) is 0.0239. The molecule has 2 aliphatic heterocycles. The number of carboxylic acid groups (broad SMARTS) is 1. The zero-order valence-electron chi connectivity index (χ0n) is 15.7. The maximum atomic E-state index is 12.4. The monoisotopic (exact) mass is 360 g/mol. The Morgan fingerprint density at radius 2 is 1.92 bits per heavy atom.